The highest BCUT2D eigenvalue weighted by atomic mass is 16.5. The van der Waals surface area contributed by atoms with E-state index in [-0.39, 0.29) is 0 Å². The Bertz CT molecular complexity index is 131. The average molecular weight is 221 g/mol. The molecule has 0 aromatic rings. The Morgan fingerprint density at radius 1 is 1.20 bits per heavy atom. The number of carbonyl (C=O) groups is 1. The molecule has 0 unspecified atom stereocenters. The normalized spacial score (nSPS) is 8.80. The Labute approximate surface area is 92.1 Å². The number of hydrogen-bond donors (Lipinski definition) is 1. The lowest BCUT2D eigenvalue weighted by atomic mass is 10.6. The van der Waals surface area contributed by atoms with Gasteiger partial charge in [-0.15, -0.1) is 0 Å². The Morgan fingerprint density at radius 3 is 2.40 bits per heavy atom. The number of nitrogens with one attached hydrogen (secondary N) is 1. The zero-order valence-corrected chi connectivity index (χ0v) is 10.2. The van der Waals surface area contributed by atoms with E-state index in [1.165, 1.54) is 0 Å². The van der Waals surface area contributed by atoms with Crippen LogP contribution < -0.4 is 5.32 Å². The van der Waals surface area contributed by atoms with Crippen molar-refractivity contribution in [3.05, 3.63) is 0 Å². The molecule has 0 saturated heterocycles. The molecule has 0 fully saturated rings. The first-order valence-electron chi connectivity index (χ1n) is 5.28. The minimum absolute atomic E-state index is 0.385. The van der Waals surface area contributed by atoms with Crippen molar-refractivity contribution in [3.8, 4) is 0 Å². The van der Waals surface area contributed by atoms with Gasteiger partial charge in [-0.1, -0.05) is 13.8 Å². The number of alkyl carbamates (subject to hydrolysis) is 1. The van der Waals surface area contributed by atoms with Crippen molar-refractivity contribution in [3.63, 3.8) is 0 Å². The van der Waals surface area contributed by atoms with Crippen molar-refractivity contribution in [2.75, 3.05) is 40.1 Å². The molecule has 0 saturated carbocycles. The molecule has 5 heteroatoms. The third-order valence-corrected chi connectivity index (χ3v) is 1.22. The lowest BCUT2D eigenvalue weighted by molar-refractivity contribution is 0.0708. The summed E-state index contributed by atoms with van der Waals surface area (Å²) in [5.41, 5.74) is 0. The first-order chi connectivity index (χ1) is 7.31. The van der Waals surface area contributed by atoms with Gasteiger partial charge in [-0.05, 0) is 6.92 Å². The van der Waals surface area contributed by atoms with E-state index in [1.807, 2.05) is 13.8 Å². The zero-order valence-electron chi connectivity index (χ0n) is 10.2. The molecule has 1 amide bonds. The van der Waals surface area contributed by atoms with Crippen LogP contribution in [0.4, 0.5) is 4.79 Å². The average Bonchev–Trinajstić information content (AvgIpc) is 2.26. The minimum Gasteiger partial charge on any atom is -0.450 e. The van der Waals surface area contributed by atoms with E-state index in [4.69, 9.17) is 9.47 Å². The highest BCUT2D eigenvalue weighted by Gasteiger charge is 1.97. The van der Waals surface area contributed by atoms with Gasteiger partial charge in [0.2, 0.25) is 0 Å². The summed E-state index contributed by atoms with van der Waals surface area (Å²) in [5, 5.41) is 2.53. The molecule has 0 spiro atoms. The van der Waals surface area contributed by atoms with Crippen molar-refractivity contribution in [2.45, 2.75) is 20.8 Å². The molecule has 0 aliphatic heterocycles. The number of methoxy groups -OCH3 is 1. The van der Waals surface area contributed by atoms with Crippen molar-refractivity contribution < 1.29 is 19.0 Å². The molecule has 0 heterocycles. The lowest BCUT2D eigenvalue weighted by Gasteiger charge is -2.05. The van der Waals surface area contributed by atoms with Crippen LogP contribution in [0.1, 0.15) is 20.8 Å². The number of amides is 1. The summed E-state index contributed by atoms with van der Waals surface area (Å²) in [6, 6.07) is 0. The van der Waals surface area contributed by atoms with Crippen LogP contribution in [-0.2, 0) is 14.2 Å². The highest BCUT2D eigenvalue weighted by Crippen LogP contribution is 1.77. The largest absolute Gasteiger partial charge is 0.450 e. The van der Waals surface area contributed by atoms with E-state index in [1.54, 1.807) is 14.0 Å². The van der Waals surface area contributed by atoms with Crippen LogP contribution in [0.15, 0.2) is 0 Å². The second-order valence-electron chi connectivity index (χ2n) is 2.25. The van der Waals surface area contributed by atoms with Crippen LogP contribution in [0.3, 0.4) is 0 Å². The molecule has 0 bridgehead atoms. The molecule has 0 aliphatic rings. The maximum atomic E-state index is 10.7. The summed E-state index contributed by atoms with van der Waals surface area (Å²) in [5.74, 6) is 0. The fourth-order valence-corrected chi connectivity index (χ4v) is 0.652. The first kappa shape index (κ1) is 16.6. The van der Waals surface area contributed by atoms with E-state index in [0.717, 1.165) is 0 Å². The third kappa shape index (κ3) is 15.9. The van der Waals surface area contributed by atoms with Gasteiger partial charge in [0.25, 0.3) is 0 Å². The Balaban J connectivity index is 0. The molecular weight excluding hydrogens is 198 g/mol. The third-order valence-electron chi connectivity index (χ3n) is 1.22. The van der Waals surface area contributed by atoms with Crippen molar-refractivity contribution in [2.24, 2.45) is 0 Å². The summed E-state index contributed by atoms with van der Waals surface area (Å²) in [7, 11) is 1.61. The predicted octanol–water partition coefficient (Wildman–Crippen LogP) is 1.42. The van der Waals surface area contributed by atoms with Crippen LogP contribution >= 0.6 is 0 Å². The summed E-state index contributed by atoms with van der Waals surface area (Å²) in [6.07, 6.45) is -0.405. The topological polar surface area (TPSA) is 56.8 Å². The van der Waals surface area contributed by atoms with Gasteiger partial charge in [-0.25, -0.2) is 4.79 Å². The van der Waals surface area contributed by atoms with Crippen LogP contribution in [0.5, 0.6) is 0 Å². The monoisotopic (exact) mass is 221 g/mol. The molecular formula is C10H23NO4. The fourth-order valence-electron chi connectivity index (χ4n) is 0.652. The number of hydrogen-bond acceptors (Lipinski definition) is 4. The minimum atomic E-state index is -0.405. The van der Waals surface area contributed by atoms with Crippen LogP contribution in [0.25, 0.3) is 0 Å². The predicted molar refractivity (Wildman–Crippen MR) is 59.1 cm³/mol. The van der Waals surface area contributed by atoms with Crippen LogP contribution in [0, 0.1) is 0 Å². The van der Waals surface area contributed by atoms with Gasteiger partial charge in [0, 0.05) is 13.7 Å². The highest BCUT2D eigenvalue weighted by molar-refractivity contribution is 5.66. The van der Waals surface area contributed by atoms with Crippen LogP contribution in [0.2, 0.25) is 0 Å². The second-order valence-corrected chi connectivity index (χ2v) is 2.25. The molecule has 1 N–H and O–H groups in total. The van der Waals surface area contributed by atoms with E-state index in [0.29, 0.717) is 33.0 Å². The van der Waals surface area contributed by atoms with E-state index in [2.05, 4.69) is 10.1 Å². The molecule has 0 atom stereocenters. The Hall–Kier alpha value is -0.810. The van der Waals surface area contributed by atoms with Gasteiger partial charge in [0.15, 0.2) is 0 Å². The molecule has 0 radical (unpaired) electrons. The van der Waals surface area contributed by atoms with E-state index < -0.39 is 6.09 Å². The summed E-state index contributed by atoms with van der Waals surface area (Å²) in [4.78, 5) is 10.7. The molecule has 92 valence electrons. The maximum Gasteiger partial charge on any atom is 0.407 e. The zero-order chi connectivity index (χ0) is 11.9. The molecule has 0 rings (SSSR count). The maximum absolute atomic E-state index is 10.7. The molecule has 5 nitrogen and oxygen atoms in total. The Kier molecular flexibility index (Phi) is 17.3. The van der Waals surface area contributed by atoms with Crippen molar-refractivity contribution >= 4 is 6.09 Å². The number of rotatable bonds is 7. The van der Waals surface area contributed by atoms with Gasteiger partial charge < -0.3 is 19.5 Å². The molecule has 15 heavy (non-hydrogen) atoms. The number of ether oxygens (including phenoxy) is 3. The number of carbonyl (C=O) groups excluding carboxylic acids is 1. The van der Waals surface area contributed by atoms with Gasteiger partial charge in [0.1, 0.15) is 0 Å². The van der Waals surface area contributed by atoms with E-state index >= 15 is 0 Å². The quantitative estimate of drug-likeness (QED) is 0.661. The molecule has 0 aromatic carbocycles. The smallest absolute Gasteiger partial charge is 0.407 e. The fraction of sp³-hybridized carbons (Fsp3) is 0.900. The summed E-state index contributed by atoms with van der Waals surface area (Å²) < 4.78 is 14.5. The van der Waals surface area contributed by atoms with Crippen molar-refractivity contribution in [1.82, 2.24) is 5.32 Å². The second kappa shape index (κ2) is 15.7. The van der Waals surface area contributed by atoms with Gasteiger partial charge in [-0.3, -0.25) is 0 Å². The molecule has 0 aliphatic carbocycles. The Morgan fingerprint density at radius 2 is 1.87 bits per heavy atom. The van der Waals surface area contributed by atoms with Gasteiger partial charge in [0.05, 0.1) is 26.4 Å². The van der Waals surface area contributed by atoms with Gasteiger partial charge in [-0.2, -0.15) is 0 Å². The summed E-state index contributed by atoms with van der Waals surface area (Å²) in [6.45, 7) is 8.19. The van der Waals surface area contributed by atoms with Crippen LogP contribution in [-0.4, -0.2) is 46.2 Å². The lowest BCUT2D eigenvalue weighted by Crippen LogP contribution is -2.28. The summed E-state index contributed by atoms with van der Waals surface area (Å²) >= 11 is 0. The van der Waals surface area contributed by atoms with E-state index in [9.17, 15) is 4.79 Å². The van der Waals surface area contributed by atoms with Crippen molar-refractivity contribution in [1.29, 1.82) is 0 Å². The first-order valence-corrected chi connectivity index (χ1v) is 5.28. The molecule has 0 aromatic heterocycles. The SMILES string of the molecule is CC.CCOC(=O)NCCOCCOC. The standard InChI is InChI=1S/C8H17NO4.C2H6/c1-3-13-8(10)9-4-5-12-7-6-11-2;1-2/h3-7H2,1-2H3,(H,9,10);1-2H3. The van der Waals surface area contributed by atoms with Gasteiger partial charge >= 0.3 is 6.09 Å².